The SMILES string of the molecule is CCc1ccc(-c2nc(C)c(CS(=O)(=O)CC(=O)NCCc3cccnc3)s2)cc1. The molecular weight excluding hydrogens is 418 g/mol. The van der Waals surface area contributed by atoms with Crippen LogP contribution in [0.5, 0.6) is 0 Å². The number of nitrogens with one attached hydrogen (secondary N) is 1. The number of thiazole rings is 1. The van der Waals surface area contributed by atoms with Gasteiger partial charge in [-0.05, 0) is 37.0 Å². The fourth-order valence-corrected chi connectivity index (χ4v) is 5.81. The lowest BCUT2D eigenvalue weighted by molar-refractivity contribution is -0.118. The zero-order valence-corrected chi connectivity index (χ0v) is 18.7. The summed E-state index contributed by atoms with van der Waals surface area (Å²) in [6, 6.07) is 11.9. The Hall–Kier alpha value is -2.58. The Bertz CT molecular complexity index is 1090. The molecule has 0 saturated heterocycles. The number of hydrogen-bond donors (Lipinski definition) is 1. The van der Waals surface area contributed by atoms with Gasteiger partial charge in [-0.2, -0.15) is 0 Å². The van der Waals surface area contributed by atoms with Gasteiger partial charge in [0, 0.05) is 29.4 Å². The second kappa shape index (κ2) is 9.95. The second-order valence-electron chi connectivity index (χ2n) is 7.07. The Balaban J connectivity index is 1.57. The molecule has 0 spiro atoms. The van der Waals surface area contributed by atoms with E-state index in [2.05, 4.69) is 34.3 Å². The number of pyridine rings is 1. The monoisotopic (exact) mass is 443 g/mol. The van der Waals surface area contributed by atoms with Crippen LogP contribution in [0.25, 0.3) is 10.6 Å². The maximum absolute atomic E-state index is 12.5. The number of rotatable bonds is 9. The molecule has 0 bridgehead atoms. The topological polar surface area (TPSA) is 89.0 Å². The first-order valence-electron chi connectivity index (χ1n) is 9.78. The highest BCUT2D eigenvalue weighted by molar-refractivity contribution is 7.91. The highest BCUT2D eigenvalue weighted by atomic mass is 32.2. The lowest BCUT2D eigenvalue weighted by atomic mass is 10.1. The van der Waals surface area contributed by atoms with Gasteiger partial charge in [0.2, 0.25) is 5.91 Å². The van der Waals surface area contributed by atoms with E-state index in [9.17, 15) is 13.2 Å². The third-order valence-electron chi connectivity index (χ3n) is 4.66. The maximum Gasteiger partial charge on any atom is 0.235 e. The first-order chi connectivity index (χ1) is 14.4. The molecule has 3 aromatic rings. The second-order valence-corrected chi connectivity index (χ2v) is 10.2. The van der Waals surface area contributed by atoms with Gasteiger partial charge in [0.1, 0.15) is 10.8 Å². The molecule has 8 heteroatoms. The fourth-order valence-electron chi connectivity index (χ4n) is 2.96. The molecule has 3 rings (SSSR count). The smallest absolute Gasteiger partial charge is 0.235 e. The summed E-state index contributed by atoms with van der Waals surface area (Å²) in [5.74, 6) is -1.20. The predicted molar refractivity (Wildman–Crippen MR) is 120 cm³/mol. The van der Waals surface area contributed by atoms with Crippen LogP contribution in [-0.2, 0) is 33.2 Å². The molecule has 158 valence electrons. The number of carbonyl (C=O) groups is 1. The summed E-state index contributed by atoms with van der Waals surface area (Å²) in [5, 5.41) is 3.46. The lowest BCUT2D eigenvalue weighted by Crippen LogP contribution is -2.32. The molecule has 1 aromatic carbocycles. The van der Waals surface area contributed by atoms with Crippen LogP contribution in [0, 0.1) is 6.92 Å². The molecule has 0 aliphatic rings. The molecule has 0 aliphatic carbocycles. The van der Waals surface area contributed by atoms with Crippen molar-refractivity contribution in [2.75, 3.05) is 12.3 Å². The van der Waals surface area contributed by atoms with Crippen molar-refractivity contribution in [1.29, 1.82) is 0 Å². The highest BCUT2D eigenvalue weighted by Crippen LogP contribution is 2.29. The van der Waals surface area contributed by atoms with E-state index in [-0.39, 0.29) is 5.75 Å². The van der Waals surface area contributed by atoms with Gasteiger partial charge in [-0.1, -0.05) is 37.3 Å². The molecule has 0 fully saturated rings. The zero-order chi connectivity index (χ0) is 21.6. The third kappa shape index (κ3) is 6.21. The van der Waals surface area contributed by atoms with Crippen LogP contribution >= 0.6 is 11.3 Å². The molecule has 0 saturated carbocycles. The number of benzene rings is 1. The lowest BCUT2D eigenvalue weighted by Gasteiger charge is -2.06. The molecule has 6 nitrogen and oxygen atoms in total. The van der Waals surface area contributed by atoms with Gasteiger partial charge in [-0.25, -0.2) is 13.4 Å². The quantitative estimate of drug-likeness (QED) is 0.548. The van der Waals surface area contributed by atoms with Crippen LogP contribution in [0.15, 0.2) is 48.8 Å². The van der Waals surface area contributed by atoms with E-state index in [4.69, 9.17) is 0 Å². The van der Waals surface area contributed by atoms with Gasteiger partial charge < -0.3 is 5.32 Å². The van der Waals surface area contributed by atoms with E-state index in [1.54, 1.807) is 19.3 Å². The summed E-state index contributed by atoms with van der Waals surface area (Å²) in [6.07, 6.45) is 4.98. The van der Waals surface area contributed by atoms with Crippen LogP contribution in [0.3, 0.4) is 0 Å². The average molecular weight is 444 g/mol. The summed E-state index contributed by atoms with van der Waals surface area (Å²) in [7, 11) is -3.58. The van der Waals surface area contributed by atoms with Gasteiger partial charge in [-0.15, -0.1) is 11.3 Å². The van der Waals surface area contributed by atoms with E-state index >= 15 is 0 Å². The number of amides is 1. The summed E-state index contributed by atoms with van der Waals surface area (Å²) in [5.41, 5.74) is 3.89. The van der Waals surface area contributed by atoms with E-state index < -0.39 is 21.5 Å². The minimum Gasteiger partial charge on any atom is -0.355 e. The zero-order valence-electron chi connectivity index (χ0n) is 17.1. The number of sulfone groups is 1. The van der Waals surface area contributed by atoms with Crippen molar-refractivity contribution in [3.63, 3.8) is 0 Å². The van der Waals surface area contributed by atoms with Crippen molar-refractivity contribution in [3.8, 4) is 10.6 Å². The van der Waals surface area contributed by atoms with E-state index in [0.29, 0.717) is 23.5 Å². The van der Waals surface area contributed by atoms with Gasteiger partial charge in [0.25, 0.3) is 0 Å². The Morgan fingerprint density at radius 3 is 2.57 bits per heavy atom. The number of carbonyl (C=O) groups excluding carboxylic acids is 1. The normalized spacial score (nSPS) is 11.4. The Kier molecular flexibility index (Phi) is 7.33. The van der Waals surface area contributed by atoms with Crippen LogP contribution in [0.1, 0.15) is 28.6 Å². The summed E-state index contributed by atoms with van der Waals surface area (Å²) in [6.45, 7) is 4.28. The molecule has 0 aliphatic heterocycles. The van der Waals surface area contributed by atoms with Crippen LogP contribution in [0.2, 0.25) is 0 Å². The maximum atomic E-state index is 12.5. The fraction of sp³-hybridized carbons (Fsp3) is 0.318. The van der Waals surface area contributed by atoms with E-state index in [0.717, 1.165) is 22.6 Å². The third-order valence-corrected chi connectivity index (χ3v) is 7.48. The molecule has 0 unspecified atom stereocenters. The number of aromatic nitrogens is 2. The van der Waals surface area contributed by atoms with Gasteiger partial charge >= 0.3 is 0 Å². The molecule has 1 amide bonds. The minimum absolute atomic E-state index is 0.181. The molecule has 1 N–H and O–H groups in total. The predicted octanol–water partition coefficient (Wildman–Crippen LogP) is 3.35. The molecule has 2 heterocycles. The van der Waals surface area contributed by atoms with Crippen molar-refractivity contribution in [2.45, 2.75) is 32.4 Å². The van der Waals surface area contributed by atoms with Crippen molar-refractivity contribution < 1.29 is 13.2 Å². The summed E-state index contributed by atoms with van der Waals surface area (Å²) < 4.78 is 25.1. The van der Waals surface area contributed by atoms with Crippen molar-refractivity contribution in [2.24, 2.45) is 0 Å². The van der Waals surface area contributed by atoms with Crippen molar-refractivity contribution in [1.82, 2.24) is 15.3 Å². The van der Waals surface area contributed by atoms with E-state index in [1.165, 1.54) is 16.9 Å². The number of hydrogen-bond acceptors (Lipinski definition) is 6. The Morgan fingerprint density at radius 1 is 1.13 bits per heavy atom. The average Bonchev–Trinajstić information content (AvgIpc) is 3.08. The molecule has 30 heavy (non-hydrogen) atoms. The molecule has 0 atom stereocenters. The minimum atomic E-state index is -3.58. The van der Waals surface area contributed by atoms with Crippen molar-refractivity contribution >= 4 is 27.1 Å². The summed E-state index contributed by atoms with van der Waals surface area (Å²) in [4.78, 5) is 21.3. The first-order valence-corrected chi connectivity index (χ1v) is 12.4. The molecule has 0 radical (unpaired) electrons. The molecular formula is C22H25N3O3S2. The van der Waals surface area contributed by atoms with Crippen LogP contribution < -0.4 is 5.32 Å². The van der Waals surface area contributed by atoms with Gasteiger partial charge in [-0.3, -0.25) is 9.78 Å². The van der Waals surface area contributed by atoms with Crippen LogP contribution in [-0.4, -0.2) is 36.6 Å². The number of aryl methyl sites for hydroxylation is 2. The van der Waals surface area contributed by atoms with E-state index in [1.807, 2.05) is 24.3 Å². The van der Waals surface area contributed by atoms with Crippen LogP contribution in [0.4, 0.5) is 0 Å². The van der Waals surface area contributed by atoms with Gasteiger partial charge in [0.15, 0.2) is 9.84 Å². The Labute approximate surface area is 181 Å². The van der Waals surface area contributed by atoms with Crippen molar-refractivity contribution in [3.05, 3.63) is 70.5 Å². The highest BCUT2D eigenvalue weighted by Gasteiger charge is 2.21. The largest absolute Gasteiger partial charge is 0.355 e. The first kappa shape index (κ1) is 22.1. The Morgan fingerprint density at radius 2 is 1.90 bits per heavy atom. The number of nitrogens with zero attached hydrogens (tertiary/aromatic N) is 2. The molecule has 2 aromatic heterocycles. The standard InChI is InChI=1S/C22H25N3O3S2/c1-3-17-6-8-19(9-7-17)22-25-16(2)20(29-22)14-30(27,28)15-21(26)24-12-10-18-5-4-11-23-13-18/h4-9,11,13H,3,10,12,14-15H2,1-2H3,(H,24,26). The summed E-state index contributed by atoms with van der Waals surface area (Å²) >= 11 is 1.37. The van der Waals surface area contributed by atoms with Gasteiger partial charge in [0.05, 0.1) is 11.4 Å².